The van der Waals surface area contributed by atoms with Gasteiger partial charge in [0.05, 0.1) is 0 Å². The predicted molar refractivity (Wildman–Crippen MR) is 41.5 cm³/mol. The second-order valence-electron chi connectivity index (χ2n) is 2.02. The minimum absolute atomic E-state index is 0. The molecule has 0 fully saturated rings. The van der Waals surface area contributed by atoms with Crippen LogP contribution in [0.4, 0.5) is 0 Å². The van der Waals surface area contributed by atoms with E-state index in [-0.39, 0.29) is 12.4 Å². The summed E-state index contributed by atoms with van der Waals surface area (Å²) in [5.41, 5.74) is 0. The SMILES string of the molecule is CN1C=CNC1(C)Cl.Cl. The Bertz CT molecular complexity index is 122. The molecule has 1 aliphatic rings. The molecule has 4 heteroatoms. The Morgan fingerprint density at radius 1 is 1.67 bits per heavy atom. The molecule has 1 N–H and O–H groups in total. The van der Waals surface area contributed by atoms with Crippen molar-refractivity contribution in [3.63, 3.8) is 0 Å². The molecule has 1 heterocycles. The van der Waals surface area contributed by atoms with Crippen LogP contribution in [0.2, 0.25) is 0 Å². The lowest BCUT2D eigenvalue weighted by Crippen LogP contribution is -2.40. The summed E-state index contributed by atoms with van der Waals surface area (Å²) in [5.74, 6) is 0. The first-order valence-electron chi connectivity index (χ1n) is 2.49. The number of nitrogens with one attached hydrogen (secondary N) is 1. The van der Waals surface area contributed by atoms with Crippen LogP contribution in [-0.2, 0) is 0 Å². The van der Waals surface area contributed by atoms with Crippen molar-refractivity contribution in [2.45, 2.75) is 12.0 Å². The van der Waals surface area contributed by atoms with Crippen LogP contribution < -0.4 is 5.32 Å². The molecule has 1 unspecified atom stereocenters. The van der Waals surface area contributed by atoms with E-state index in [0.717, 1.165) is 0 Å². The van der Waals surface area contributed by atoms with E-state index in [4.69, 9.17) is 11.6 Å². The summed E-state index contributed by atoms with van der Waals surface area (Å²) in [5, 5.41) is 2.55. The molecule has 0 aromatic rings. The quantitative estimate of drug-likeness (QED) is 0.434. The second kappa shape index (κ2) is 2.67. The van der Waals surface area contributed by atoms with Crippen molar-refractivity contribution >= 4 is 24.0 Å². The van der Waals surface area contributed by atoms with Crippen LogP contribution in [0.3, 0.4) is 0 Å². The maximum absolute atomic E-state index is 5.87. The Kier molecular flexibility index (Phi) is 2.65. The Balaban J connectivity index is 0.000000640. The highest BCUT2D eigenvalue weighted by atomic mass is 35.5. The first-order valence-corrected chi connectivity index (χ1v) is 2.87. The summed E-state index contributed by atoms with van der Waals surface area (Å²) < 4.78 is 0. The van der Waals surface area contributed by atoms with Crippen molar-refractivity contribution in [2.24, 2.45) is 0 Å². The molecule has 54 valence electrons. The maximum Gasteiger partial charge on any atom is 0.184 e. The number of nitrogens with zero attached hydrogens (tertiary/aromatic N) is 1. The maximum atomic E-state index is 5.87. The van der Waals surface area contributed by atoms with Gasteiger partial charge in [0, 0.05) is 19.4 Å². The fourth-order valence-electron chi connectivity index (χ4n) is 0.543. The van der Waals surface area contributed by atoms with Gasteiger partial charge in [-0.05, 0) is 6.92 Å². The van der Waals surface area contributed by atoms with E-state index in [1.165, 1.54) is 0 Å². The van der Waals surface area contributed by atoms with Crippen LogP contribution in [0, 0.1) is 0 Å². The average Bonchev–Trinajstić information content (AvgIpc) is 1.86. The summed E-state index contributed by atoms with van der Waals surface area (Å²) >= 11 is 5.87. The normalized spacial score (nSPS) is 31.7. The van der Waals surface area contributed by atoms with E-state index in [9.17, 15) is 0 Å². The summed E-state index contributed by atoms with van der Waals surface area (Å²) in [6.07, 6.45) is 3.72. The summed E-state index contributed by atoms with van der Waals surface area (Å²) in [4.78, 5) is 1.90. The third-order valence-corrected chi connectivity index (χ3v) is 1.68. The highest BCUT2D eigenvalue weighted by Gasteiger charge is 2.25. The second-order valence-corrected chi connectivity index (χ2v) is 2.76. The lowest BCUT2D eigenvalue weighted by Gasteiger charge is -2.25. The van der Waals surface area contributed by atoms with E-state index in [1.54, 1.807) is 0 Å². The van der Waals surface area contributed by atoms with Gasteiger partial charge in [-0.2, -0.15) is 0 Å². The van der Waals surface area contributed by atoms with Crippen molar-refractivity contribution in [1.29, 1.82) is 0 Å². The van der Waals surface area contributed by atoms with Crippen molar-refractivity contribution in [3.8, 4) is 0 Å². The Morgan fingerprint density at radius 2 is 2.22 bits per heavy atom. The van der Waals surface area contributed by atoms with Gasteiger partial charge in [-0.1, -0.05) is 11.6 Å². The van der Waals surface area contributed by atoms with E-state index < -0.39 is 5.12 Å². The molecule has 1 aliphatic heterocycles. The van der Waals surface area contributed by atoms with Gasteiger partial charge < -0.3 is 10.2 Å². The minimum atomic E-state index is -0.403. The van der Waals surface area contributed by atoms with Crippen LogP contribution in [0.15, 0.2) is 12.4 Å². The Hall–Kier alpha value is -0.0800. The van der Waals surface area contributed by atoms with Gasteiger partial charge in [-0.25, -0.2) is 0 Å². The molecular formula is C5H10Cl2N2. The molecule has 0 radical (unpaired) electrons. The highest BCUT2D eigenvalue weighted by Crippen LogP contribution is 2.18. The number of alkyl halides is 1. The first-order chi connectivity index (χ1) is 3.63. The van der Waals surface area contributed by atoms with E-state index in [0.29, 0.717) is 0 Å². The lowest BCUT2D eigenvalue weighted by atomic mass is 10.5. The van der Waals surface area contributed by atoms with Crippen molar-refractivity contribution in [3.05, 3.63) is 12.4 Å². The zero-order valence-electron chi connectivity index (χ0n) is 5.39. The van der Waals surface area contributed by atoms with Gasteiger partial charge in [0.25, 0.3) is 0 Å². The number of hydrogen-bond acceptors (Lipinski definition) is 2. The molecule has 0 amide bonds. The molecule has 9 heavy (non-hydrogen) atoms. The van der Waals surface area contributed by atoms with Crippen molar-refractivity contribution < 1.29 is 0 Å². The van der Waals surface area contributed by atoms with Gasteiger partial charge in [-0.3, -0.25) is 0 Å². The molecule has 0 saturated carbocycles. The molecule has 0 aliphatic carbocycles. The summed E-state index contributed by atoms with van der Waals surface area (Å²) in [6, 6.07) is 0. The smallest absolute Gasteiger partial charge is 0.184 e. The highest BCUT2D eigenvalue weighted by molar-refractivity contribution is 6.23. The number of halogens is 2. The average molecular weight is 169 g/mol. The van der Waals surface area contributed by atoms with Crippen LogP contribution in [0.1, 0.15) is 6.92 Å². The van der Waals surface area contributed by atoms with Gasteiger partial charge in [0.2, 0.25) is 0 Å². The Labute approximate surface area is 66.3 Å². The van der Waals surface area contributed by atoms with Crippen LogP contribution in [0.25, 0.3) is 0 Å². The van der Waals surface area contributed by atoms with Crippen LogP contribution >= 0.6 is 24.0 Å². The molecule has 0 aromatic heterocycles. The van der Waals surface area contributed by atoms with E-state index in [2.05, 4.69) is 5.32 Å². The topological polar surface area (TPSA) is 15.3 Å². The van der Waals surface area contributed by atoms with Crippen LogP contribution in [0.5, 0.6) is 0 Å². The standard InChI is InChI=1S/C5H9ClN2.ClH/c1-5(6)7-3-4-8(5)2;/h3-4,7H,1-2H3;1H. The van der Waals surface area contributed by atoms with Crippen molar-refractivity contribution in [2.75, 3.05) is 7.05 Å². The van der Waals surface area contributed by atoms with Crippen LogP contribution in [-0.4, -0.2) is 17.1 Å². The molecule has 1 rings (SSSR count). The molecule has 0 saturated heterocycles. The van der Waals surface area contributed by atoms with Gasteiger partial charge in [0.1, 0.15) is 0 Å². The van der Waals surface area contributed by atoms with Gasteiger partial charge in [-0.15, -0.1) is 12.4 Å². The number of hydrogen-bond donors (Lipinski definition) is 1. The lowest BCUT2D eigenvalue weighted by molar-refractivity contribution is 0.306. The molecule has 1 atom stereocenters. The minimum Gasteiger partial charge on any atom is -0.355 e. The molecule has 0 spiro atoms. The van der Waals surface area contributed by atoms with Crippen molar-refractivity contribution in [1.82, 2.24) is 10.2 Å². The Morgan fingerprint density at radius 3 is 2.33 bits per heavy atom. The third-order valence-electron chi connectivity index (χ3n) is 1.31. The predicted octanol–water partition coefficient (Wildman–Crippen LogP) is 1.33. The summed E-state index contributed by atoms with van der Waals surface area (Å²) in [6.45, 7) is 1.90. The van der Waals surface area contributed by atoms with E-state index in [1.807, 2.05) is 31.3 Å². The van der Waals surface area contributed by atoms with Gasteiger partial charge in [0.15, 0.2) is 5.12 Å². The van der Waals surface area contributed by atoms with E-state index >= 15 is 0 Å². The molecule has 2 nitrogen and oxygen atoms in total. The number of rotatable bonds is 0. The zero-order chi connectivity index (χ0) is 6.20. The largest absolute Gasteiger partial charge is 0.355 e. The fourth-order valence-corrected chi connectivity index (χ4v) is 0.662. The molecular weight excluding hydrogens is 159 g/mol. The summed E-state index contributed by atoms with van der Waals surface area (Å²) in [7, 11) is 1.92. The molecule has 0 bridgehead atoms. The third kappa shape index (κ3) is 1.66. The fraction of sp³-hybridized carbons (Fsp3) is 0.600. The van der Waals surface area contributed by atoms with Gasteiger partial charge >= 0.3 is 0 Å². The zero-order valence-corrected chi connectivity index (χ0v) is 6.96. The molecule has 0 aromatic carbocycles. The first kappa shape index (κ1) is 8.92. The monoisotopic (exact) mass is 168 g/mol.